The first kappa shape index (κ1) is 23.0. The molecular formula is C21H25N5O3S2. The van der Waals surface area contributed by atoms with Gasteiger partial charge in [-0.15, -0.1) is 10.2 Å². The number of primary amides is 1. The first-order valence-corrected chi connectivity index (χ1v) is 12.2. The van der Waals surface area contributed by atoms with Gasteiger partial charge in [0, 0.05) is 24.3 Å². The van der Waals surface area contributed by atoms with Crippen molar-refractivity contribution in [2.45, 2.75) is 36.1 Å². The first-order chi connectivity index (χ1) is 14.8. The van der Waals surface area contributed by atoms with Gasteiger partial charge in [-0.1, -0.05) is 55.9 Å². The highest BCUT2D eigenvalue weighted by molar-refractivity contribution is 8.00. The molecule has 164 valence electrons. The van der Waals surface area contributed by atoms with E-state index in [4.69, 9.17) is 5.73 Å². The molecule has 0 bridgehead atoms. The van der Waals surface area contributed by atoms with E-state index >= 15 is 0 Å². The minimum Gasteiger partial charge on any atom is -0.369 e. The van der Waals surface area contributed by atoms with Gasteiger partial charge in [0.15, 0.2) is 11.0 Å². The smallest absolute Gasteiger partial charge is 0.243 e. The third-order valence-corrected chi connectivity index (χ3v) is 7.87. The number of rotatable bonds is 9. The van der Waals surface area contributed by atoms with E-state index in [1.165, 1.54) is 16.1 Å². The van der Waals surface area contributed by atoms with Crippen LogP contribution in [-0.4, -0.2) is 51.7 Å². The van der Waals surface area contributed by atoms with Crippen LogP contribution in [0.1, 0.15) is 20.8 Å². The fraction of sp³-hybridized carbons (Fsp3) is 0.286. The van der Waals surface area contributed by atoms with Crippen molar-refractivity contribution < 1.29 is 13.2 Å². The number of nitrogens with zero attached hydrogens (tertiary/aromatic N) is 4. The maximum absolute atomic E-state index is 13.0. The zero-order chi connectivity index (χ0) is 22.6. The first-order valence-electron chi connectivity index (χ1n) is 9.87. The van der Waals surface area contributed by atoms with E-state index in [2.05, 4.69) is 10.2 Å². The number of benzene rings is 2. The molecule has 0 saturated heterocycles. The van der Waals surface area contributed by atoms with E-state index in [0.717, 1.165) is 5.69 Å². The number of thioether (sulfide) groups is 1. The molecule has 2 N–H and O–H groups in total. The van der Waals surface area contributed by atoms with Crippen LogP contribution in [0.4, 0.5) is 0 Å². The van der Waals surface area contributed by atoms with Crippen LogP contribution < -0.4 is 5.73 Å². The molecule has 10 heteroatoms. The van der Waals surface area contributed by atoms with Crippen LogP contribution in [-0.2, 0) is 14.8 Å². The molecule has 0 fully saturated rings. The van der Waals surface area contributed by atoms with Gasteiger partial charge < -0.3 is 5.73 Å². The van der Waals surface area contributed by atoms with Crippen molar-refractivity contribution in [2.75, 3.05) is 13.1 Å². The summed E-state index contributed by atoms with van der Waals surface area (Å²) >= 11 is 1.20. The summed E-state index contributed by atoms with van der Waals surface area (Å²) in [5.74, 6) is 0.0171. The fourth-order valence-corrected chi connectivity index (χ4v) is 5.39. The molecule has 1 heterocycles. The van der Waals surface area contributed by atoms with Crippen LogP contribution in [0.3, 0.4) is 0 Å². The molecule has 3 aromatic rings. The number of hydrogen-bond donors (Lipinski definition) is 1. The van der Waals surface area contributed by atoms with E-state index < -0.39 is 21.2 Å². The van der Waals surface area contributed by atoms with Crippen LogP contribution in [0.2, 0.25) is 0 Å². The summed E-state index contributed by atoms with van der Waals surface area (Å²) in [4.78, 5) is 11.8. The molecular weight excluding hydrogens is 434 g/mol. The Labute approximate surface area is 186 Å². The van der Waals surface area contributed by atoms with Crippen molar-refractivity contribution in [1.29, 1.82) is 0 Å². The highest BCUT2D eigenvalue weighted by Gasteiger charge is 2.24. The predicted molar refractivity (Wildman–Crippen MR) is 121 cm³/mol. The Hall–Kier alpha value is -2.69. The van der Waals surface area contributed by atoms with Gasteiger partial charge in [-0.05, 0) is 31.2 Å². The molecule has 0 saturated carbocycles. The molecule has 0 aliphatic carbocycles. The van der Waals surface area contributed by atoms with Crippen LogP contribution in [0.25, 0.3) is 17.1 Å². The third-order valence-electron chi connectivity index (χ3n) is 4.77. The normalized spacial score (nSPS) is 12.8. The zero-order valence-corrected chi connectivity index (χ0v) is 19.2. The number of aromatic nitrogens is 3. The summed E-state index contributed by atoms with van der Waals surface area (Å²) in [5, 5.41) is 8.56. The molecule has 8 nitrogen and oxygen atoms in total. The molecule has 0 unspecified atom stereocenters. The molecule has 1 amide bonds. The molecule has 0 aliphatic heterocycles. The lowest BCUT2D eigenvalue weighted by Crippen LogP contribution is -2.30. The Morgan fingerprint density at radius 3 is 2.39 bits per heavy atom. The Morgan fingerprint density at radius 1 is 1.10 bits per heavy atom. The van der Waals surface area contributed by atoms with Crippen LogP contribution >= 0.6 is 11.8 Å². The van der Waals surface area contributed by atoms with Crippen molar-refractivity contribution in [3.63, 3.8) is 0 Å². The second kappa shape index (κ2) is 9.63. The SMILES string of the molecule is CCN(CC)S(=O)(=O)c1cccc(-c2nnc(S[C@@H](C)C(N)=O)n2-c2ccccc2)c1. The maximum Gasteiger partial charge on any atom is 0.243 e. The Bertz CT molecular complexity index is 1160. The summed E-state index contributed by atoms with van der Waals surface area (Å²) in [6.07, 6.45) is 0. The topological polar surface area (TPSA) is 111 Å². The number of nitrogens with two attached hydrogens (primary N) is 1. The largest absolute Gasteiger partial charge is 0.369 e. The second-order valence-corrected chi connectivity index (χ2v) is 10.0. The van der Waals surface area contributed by atoms with Crippen molar-refractivity contribution >= 4 is 27.7 Å². The van der Waals surface area contributed by atoms with Gasteiger partial charge in [0.05, 0.1) is 10.1 Å². The van der Waals surface area contributed by atoms with Crippen molar-refractivity contribution in [3.8, 4) is 17.1 Å². The second-order valence-electron chi connectivity index (χ2n) is 6.76. The van der Waals surface area contributed by atoms with Gasteiger partial charge in [0.2, 0.25) is 15.9 Å². The lowest BCUT2D eigenvalue weighted by molar-refractivity contribution is -0.117. The Kier molecular flexibility index (Phi) is 7.14. The molecule has 0 spiro atoms. The summed E-state index contributed by atoms with van der Waals surface area (Å²) in [5.41, 5.74) is 6.81. The van der Waals surface area contributed by atoms with Gasteiger partial charge >= 0.3 is 0 Å². The number of para-hydroxylation sites is 1. The number of hydrogen-bond acceptors (Lipinski definition) is 6. The lowest BCUT2D eigenvalue weighted by Gasteiger charge is -2.19. The van der Waals surface area contributed by atoms with E-state index in [9.17, 15) is 13.2 Å². The summed E-state index contributed by atoms with van der Waals surface area (Å²) < 4.78 is 29.2. The standard InChI is InChI=1S/C21H25N5O3S2/c1-4-25(5-2)31(28,29)18-13-9-10-16(14-18)20-23-24-21(30-15(3)19(22)27)26(20)17-11-7-6-8-12-17/h6-15H,4-5H2,1-3H3,(H2,22,27)/t15-/m0/s1. The zero-order valence-electron chi connectivity index (χ0n) is 17.6. The van der Waals surface area contributed by atoms with E-state index in [0.29, 0.717) is 29.6 Å². The number of sulfonamides is 1. The molecule has 0 radical (unpaired) electrons. The quantitative estimate of drug-likeness (QED) is 0.493. The molecule has 1 atom stereocenters. The van der Waals surface area contributed by atoms with Crippen molar-refractivity contribution in [3.05, 3.63) is 54.6 Å². The molecule has 2 aromatic carbocycles. The van der Waals surface area contributed by atoms with Crippen molar-refractivity contribution in [1.82, 2.24) is 19.1 Å². The highest BCUT2D eigenvalue weighted by atomic mass is 32.2. The van der Waals surface area contributed by atoms with Gasteiger partial charge in [0.1, 0.15) is 0 Å². The third kappa shape index (κ3) is 4.81. The summed E-state index contributed by atoms with van der Waals surface area (Å²) in [7, 11) is -3.62. The fourth-order valence-electron chi connectivity index (χ4n) is 3.07. The van der Waals surface area contributed by atoms with Gasteiger partial charge in [-0.2, -0.15) is 4.31 Å². The maximum atomic E-state index is 13.0. The monoisotopic (exact) mass is 459 g/mol. The summed E-state index contributed by atoms with van der Waals surface area (Å²) in [6.45, 7) is 6.08. The van der Waals surface area contributed by atoms with E-state index in [-0.39, 0.29) is 4.90 Å². The Balaban J connectivity index is 2.14. The minimum absolute atomic E-state index is 0.191. The van der Waals surface area contributed by atoms with Gasteiger partial charge in [0.25, 0.3) is 0 Å². The number of carbonyl (C=O) groups excluding carboxylic acids is 1. The predicted octanol–water partition coefficient (Wildman–Crippen LogP) is 2.93. The van der Waals surface area contributed by atoms with E-state index in [1.807, 2.05) is 30.3 Å². The number of amides is 1. The van der Waals surface area contributed by atoms with Crippen LogP contribution in [0.15, 0.2) is 64.6 Å². The molecule has 1 aromatic heterocycles. The number of carbonyl (C=O) groups is 1. The average molecular weight is 460 g/mol. The van der Waals surface area contributed by atoms with Crippen molar-refractivity contribution in [2.24, 2.45) is 5.73 Å². The summed E-state index contributed by atoms with van der Waals surface area (Å²) in [6, 6.07) is 16.1. The van der Waals surface area contributed by atoms with Crippen LogP contribution in [0, 0.1) is 0 Å². The van der Waals surface area contributed by atoms with Gasteiger partial charge in [-0.25, -0.2) is 8.42 Å². The van der Waals surface area contributed by atoms with Gasteiger partial charge in [-0.3, -0.25) is 9.36 Å². The molecule has 31 heavy (non-hydrogen) atoms. The average Bonchev–Trinajstić information content (AvgIpc) is 3.18. The molecule has 3 rings (SSSR count). The minimum atomic E-state index is -3.62. The van der Waals surface area contributed by atoms with Crippen LogP contribution in [0.5, 0.6) is 0 Å². The molecule has 0 aliphatic rings. The Morgan fingerprint density at radius 2 is 1.77 bits per heavy atom. The van der Waals surface area contributed by atoms with E-state index in [1.54, 1.807) is 49.6 Å². The lowest BCUT2D eigenvalue weighted by atomic mass is 10.2. The highest BCUT2D eigenvalue weighted by Crippen LogP contribution is 2.31.